The van der Waals surface area contributed by atoms with Crippen molar-refractivity contribution in [3.8, 4) is 0 Å². The van der Waals surface area contributed by atoms with Crippen molar-refractivity contribution in [3.05, 3.63) is 35.5 Å². The summed E-state index contributed by atoms with van der Waals surface area (Å²) in [6, 6.07) is 7.62. The lowest BCUT2D eigenvalue weighted by atomic mass is 10.1. The molecule has 0 fully saturated rings. The number of aromatic carboxylic acids is 1. The van der Waals surface area contributed by atoms with Gasteiger partial charge < -0.3 is 29.3 Å². The number of carboxylic acid groups (broad SMARTS) is 1. The van der Waals surface area contributed by atoms with E-state index in [1.165, 1.54) is 0 Å². The number of quaternary nitrogens is 1. The molecule has 0 spiro atoms. The first-order chi connectivity index (χ1) is 10.1. The third kappa shape index (κ3) is 3.07. The number of benzene rings is 1. The molecular weight excluding hydrogens is 272 g/mol. The summed E-state index contributed by atoms with van der Waals surface area (Å²) in [5, 5.41) is 14.3. The molecule has 2 N–H and O–H groups in total. The molecule has 114 valence electrons. The van der Waals surface area contributed by atoms with Crippen molar-refractivity contribution in [1.29, 1.82) is 0 Å². The average Bonchev–Trinajstić information content (AvgIpc) is 2.77. The standard InChI is InChI=1S/C15H20N2O4/c1-17-12-7-5-4-6-10(12)11(14(17)15(18)19)8-16-9-13(20-2)21-3/h4-7,13,16H,8-9H2,1-3H3,(H,18,19). The van der Waals surface area contributed by atoms with Crippen LogP contribution in [0.3, 0.4) is 0 Å². The fraction of sp³-hybridized carbons (Fsp3) is 0.400. The Kier molecular flexibility index (Phi) is 4.95. The minimum Gasteiger partial charge on any atom is -0.543 e. The minimum atomic E-state index is -1.16. The molecule has 0 saturated carbocycles. The van der Waals surface area contributed by atoms with Gasteiger partial charge >= 0.3 is 0 Å². The number of nitrogens with two attached hydrogens (primary N) is 1. The van der Waals surface area contributed by atoms with Gasteiger partial charge in [0, 0.05) is 37.7 Å². The maximum Gasteiger partial charge on any atom is 0.206 e. The van der Waals surface area contributed by atoms with Gasteiger partial charge in [-0.3, -0.25) is 0 Å². The fourth-order valence-corrected chi connectivity index (χ4v) is 2.59. The lowest BCUT2D eigenvalue weighted by molar-refractivity contribution is -0.682. The van der Waals surface area contributed by atoms with E-state index in [0.29, 0.717) is 13.1 Å². The van der Waals surface area contributed by atoms with Crippen molar-refractivity contribution in [2.24, 2.45) is 7.05 Å². The van der Waals surface area contributed by atoms with Crippen molar-refractivity contribution in [1.82, 2.24) is 4.57 Å². The summed E-state index contributed by atoms with van der Waals surface area (Å²) in [4.78, 5) is 11.4. The third-order valence-corrected chi connectivity index (χ3v) is 3.64. The molecule has 0 atom stereocenters. The van der Waals surface area contributed by atoms with Crippen LogP contribution in [0.15, 0.2) is 24.3 Å². The molecule has 1 aromatic heterocycles. The third-order valence-electron chi connectivity index (χ3n) is 3.64. The molecule has 1 aromatic carbocycles. The van der Waals surface area contributed by atoms with E-state index < -0.39 is 5.97 Å². The van der Waals surface area contributed by atoms with E-state index in [-0.39, 0.29) is 12.0 Å². The molecule has 6 nitrogen and oxygen atoms in total. The van der Waals surface area contributed by atoms with Crippen LogP contribution < -0.4 is 10.4 Å². The summed E-state index contributed by atoms with van der Waals surface area (Å²) in [5.41, 5.74) is 1.87. The SMILES string of the molecule is COC(C[NH2+]Cc1c(C(=O)[O-])n(C)c2ccccc12)OC. The van der Waals surface area contributed by atoms with Crippen molar-refractivity contribution in [3.63, 3.8) is 0 Å². The minimum absolute atomic E-state index is 0.221. The Morgan fingerprint density at radius 2 is 2.00 bits per heavy atom. The zero-order chi connectivity index (χ0) is 15.4. The predicted octanol–water partition coefficient (Wildman–Crippen LogP) is -0.776. The number of nitrogens with zero attached hydrogens (tertiary/aromatic N) is 1. The number of methoxy groups -OCH3 is 2. The van der Waals surface area contributed by atoms with Crippen LogP contribution in [0.4, 0.5) is 0 Å². The van der Waals surface area contributed by atoms with Gasteiger partial charge in [-0.05, 0) is 6.07 Å². The highest BCUT2D eigenvalue weighted by atomic mass is 16.7. The summed E-state index contributed by atoms with van der Waals surface area (Å²) >= 11 is 0. The number of aromatic nitrogens is 1. The van der Waals surface area contributed by atoms with Crippen LogP contribution in [0.1, 0.15) is 16.1 Å². The van der Waals surface area contributed by atoms with E-state index in [9.17, 15) is 9.90 Å². The van der Waals surface area contributed by atoms with E-state index >= 15 is 0 Å². The molecule has 0 amide bonds. The summed E-state index contributed by atoms with van der Waals surface area (Å²) in [6.45, 7) is 1.11. The van der Waals surface area contributed by atoms with Crippen LogP contribution in [0.25, 0.3) is 10.9 Å². The largest absolute Gasteiger partial charge is 0.543 e. The van der Waals surface area contributed by atoms with Crippen molar-refractivity contribution in [2.75, 3.05) is 20.8 Å². The quantitative estimate of drug-likeness (QED) is 0.679. The Morgan fingerprint density at radius 1 is 1.33 bits per heavy atom. The maximum atomic E-state index is 11.4. The van der Waals surface area contributed by atoms with Gasteiger partial charge in [-0.2, -0.15) is 0 Å². The van der Waals surface area contributed by atoms with E-state index in [1.54, 1.807) is 25.8 Å². The molecule has 1 heterocycles. The topological polar surface area (TPSA) is 80.1 Å². The summed E-state index contributed by atoms with van der Waals surface area (Å²) in [7, 11) is 4.89. The van der Waals surface area contributed by atoms with Gasteiger partial charge in [0.15, 0.2) is 0 Å². The molecular formula is C15H20N2O4. The number of carbonyl (C=O) groups excluding carboxylic acids is 1. The van der Waals surface area contributed by atoms with Crippen LogP contribution >= 0.6 is 0 Å². The van der Waals surface area contributed by atoms with Crippen LogP contribution in [0, 0.1) is 0 Å². The summed E-state index contributed by atoms with van der Waals surface area (Å²) in [5.74, 6) is -1.16. The number of aryl methyl sites for hydroxylation is 1. The predicted molar refractivity (Wildman–Crippen MR) is 75.6 cm³/mol. The lowest BCUT2D eigenvalue weighted by Gasteiger charge is -2.12. The maximum absolute atomic E-state index is 11.4. The second-order valence-corrected chi connectivity index (χ2v) is 4.82. The second kappa shape index (κ2) is 6.71. The molecule has 0 radical (unpaired) electrons. The van der Waals surface area contributed by atoms with Crippen LogP contribution in [0.2, 0.25) is 0 Å². The van der Waals surface area contributed by atoms with Gasteiger partial charge in [0.05, 0.1) is 11.7 Å². The van der Waals surface area contributed by atoms with Crippen molar-refractivity contribution >= 4 is 16.9 Å². The summed E-state index contributed by atoms with van der Waals surface area (Å²) < 4.78 is 11.9. The van der Waals surface area contributed by atoms with Crippen LogP contribution in [-0.2, 0) is 23.1 Å². The Labute approximate surface area is 123 Å². The molecule has 2 rings (SSSR count). The lowest BCUT2D eigenvalue weighted by Crippen LogP contribution is -2.85. The number of ether oxygens (including phenoxy) is 2. The van der Waals surface area contributed by atoms with Gasteiger partial charge in [-0.25, -0.2) is 0 Å². The number of para-hydroxylation sites is 1. The molecule has 6 heteroatoms. The number of rotatable bonds is 7. The highest BCUT2D eigenvalue weighted by molar-refractivity contribution is 5.97. The Balaban J connectivity index is 2.29. The van der Waals surface area contributed by atoms with E-state index in [2.05, 4.69) is 0 Å². The van der Waals surface area contributed by atoms with E-state index in [1.807, 2.05) is 29.6 Å². The van der Waals surface area contributed by atoms with Gasteiger partial charge in [-0.15, -0.1) is 0 Å². The molecule has 2 aromatic rings. The molecule has 0 aliphatic carbocycles. The molecule has 0 saturated heterocycles. The normalized spacial score (nSPS) is 11.4. The number of carbonyl (C=O) groups is 1. The first-order valence-electron chi connectivity index (χ1n) is 6.75. The van der Waals surface area contributed by atoms with E-state index in [0.717, 1.165) is 16.5 Å². The van der Waals surface area contributed by atoms with Gasteiger partial charge in [0.2, 0.25) is 6.29 Å². The number of carboxylic acids is 1. The van der Waals surface area contributed by atoms with Gasteiger partial charge in [0.1, 0.15) is 13.1 Å². The van der Waals surface area contributed by atoms with Gasteiger partial charge in [0.25, 0.3) is 0 Å². The molecule has 21 heavy (non-hydrogen) atoms. The Morgan fingerprint density at radius 3 is 2.62 bits per heavy atom. The van der Waals surface area contributed by atoms with Gasteiger partial charge in [-0.1, -0.05) is 18.2 Å². The number of hydrogen-bond acceptors (Lipinski definition) is 4. The van der Waals surface area contributed by atoms with E-state index in [4.69, 9.17) is 9.47 Å². The molecule has 0 aliphatic heterocycles. The number of fused-ring (bicyclic) bond motifs is 1. The Bertz CT molecular complexity index is 632. The average molecular weight is 292 g/mol. The first kappa shape index (κ1) is 15.5. The molecule has 0 bridgehead atoms. The highest BCUT2D eigenvalue weighted by Gasteiger charge is 2.17. The summed E-state index contributed by atoms with van der Waals surface area (Å²) in [6.07, 6.45) is -0.314. The number of hydrogen-bond donors (Lipinski definition) is 1. The van der Waals surface area contributed by atoms with Crippen LogP contribution in [-0.4, -0.2) is 37.6 Å². The van der Waals surface area contributed by atoms with Crippen molar-refractivity contribution in [2.45, 2.75) is 12.8 Å². The highest BCUT2D eigenvalue weighted by Crippen LogP contribution is 2.24. The van der Waals surface area contributed by atoms with Crippen LogP contribution in [0.5, 0.6) is 0 Å². The fourth-order valence-electron chi connectivity index (χ4n) is 2.59. The first-order valence-corrected chi connectivity index (χ1v) is 6.75. The molecule has 0 aliphatic rings. The smallest absolute Gasteiger partial charge is 0.206 e. The zero-order valence-corrected chi connectivity index (χ0v) is 12.5. The Hall–Kier alpha value is -1.89. The van der Waals surface area contributed by atoms with Crippen molar-refractivity contribution < 1.29 is 24.7 Å². The second-order valence-electron chi connectivity index (χ2n) is 4.82. The zero-order valence-electron chi connectivity index (χ0n) is 12.5. The monoisotopic (exact) mass is 292 g/mol. The molecule has 0 unspecified atom stereocenters.